The molecule has 0 N–H and O–H groups in total. The van der Waals surface area contributed by atoms with Gasteiger partial charge in [0.15, 0.2) is 0 Å². The first-order chi connectivity index (χ1) is 14.1. The lowest BCUT2D eigenvalue weighted by molar-refractivity contribution is -0.125. The summed E-state index contributed by atoms with van der Waals surface area (Å²) in [5.41, 5.74) is 2.52. The van der Waals surface area contributed by atoms with E-state index in [1.165, 1.54) is 0 Å². The molecule has 2 aliphatic heterocycles. The molecule has 0 saturated carbocycles. The van der Waals surface area contributed by atoms with Crippen LogP contribution in [0.4, 0.5) is 16.2 Å². The molecular formula is C21H20BrN3O4. The summed E-state index contributed by atoms with van der Waals surface area (Å²) < 4.78 is 11.6. The standard InChI is InChI=1S/C21H20BrN3O4/c22-16-3-1-15(2-4-16)11-23-12-19-13-25(21(27)29-19)18-7-5-17(6-8-18)24-9-10-28-14-20(24)26/h1-8,11,19H,9-10,12-14H2/t19-/m0/s1. The molecule has 7 nitrogen and oxygen atoms in total. The van der Waals surface area contributed by atoms with Crippen LogP contribution in [0.15, 0.2) is 58.0 Å². The number of morpholine rings is 1. The number of carbonyl (C=O) groups is 2. The van der Waals surface area contributed by atoms with Crippen molar-refractivity contribution in [2.24, 2.45) is 4.99 Å². The van der Waals surface area contributed by atoms with Crippen molar-refractivity contribution < 1.29 is 19.1 Å². The van der Waals surface area contributed by atoms with Gasteiger partial charge in [-0.05, 0) is 42.0 Å². The molecule has 8 heteroatoms. The van der Waals surface area contributed by atoms with Gasteiger partial charge < -0.3 is 14.4 Å². The average Bonchev–Trinajstić information content (AvgIpc) is 3.10. The number of anilines is 2. The molecule has 1 atom stereocenters. The van der Waals surface area contributed by atoms with E-state index in [9.17, 15) is 9.59 Å². The first kappa shape index (κ1) is 19.6. The van der Waals surface area contributed by atoms with Gasteiger partial charge in [0.2, 0.25) is 0 Å². The maximum Gasteiger partial charge on any atom is 0.414 e. The lowest BCUT2D eigenvalue weighted by Crippen LogP contribution is -2.41. The molecule has 29 heavy (non-hydrogen) atoms. The Labute approximate surface area is 177 Å². The molecule has 2 aromatic carbocycles. The molecule has 4 rings (SSSR count). The summed E-state index contributed by atoms with van der Waals surface area (Å²) in [6.45, 7) is 1.99. The number of benzene rings is 2. The Bertz CT molecular complexity index is 915. The summed E-state index contributed by atoms with van der Waals surface area (Å²) in [7, 11) is 0. The van der Waals surface area contributed by atoms with Gasteiger partial charge >= 0.3 is 6.09 Å². The van der Waals surface area contributed by atoms with E-state index in [0.29, 0.717) is 26.2 Å². The Hall–Kier alpha value is -2.71. The second-order valence-corrected chi connectivity index (χ2v) is 7.69. The van der Waals surface area contributed by atoms with E-state index in [2.05, 4.69) is 20.9 Å². The molecular weight excluding hydrogens is 438 g/mol. The third kappa shape index (κ3) is 4.65. The summed E-state index contributed by atoms with van der Waals surface area (Å²) in [6, 6.07) is 15.2. The third-order valence-electron chi connectivity index (χ3n) is 4.75. The highest BCUT2D eigenvalue weighted by Gasteiger charge is 2.32. The summed E-state index contributed by atoms with van der Waals surface area (Å²) in [5.74, 6) is -0.0618. The minimum absolute atomic E-state index is 0.0618. The number of ether oxygens (including phenoxy) is 2. The molecule has 2 aliphatic rings. The largest absolute Gasteiger partial charge is 0.442 e. The molecule has 2 aromatic rings. The molecule has 0 aliphatic carbocycles. The minimum atomic E-state index is -0.385. The van der Waals surface area contributed by atoms with Crippen molar-refractivity contribution in [3.8, 4) is 0 Å². The number of aliphatic imine (C=N–C) groups is 1. The summed E-state index contributed by atoms with van der Waals surface area (Å²) in [4.78, 5) is 31.9. The van der Waals surface area contributed by atoms with Crippen molar-refractivity contribution in [1.82, 2.24) is 0 Å². The van der Waals surface area contributed by atoms with Crippen molar-refractivity contribution in [3.63, 3.8) is 0 Å². The minimum Gasteiger partial charge on any atom is -0.442 e. The fourth-order valence-electron chi connectivity index (χ4n) is 3.26. The quantitative estimate of drug-likeness (QED) is 0.645. The van der Waals surface area contributed by atoms with Crippen molar-refractivity contribution >= 4 is 45.5 Å². The molecule has 150 valence electrons. The van der Waals surface area contributed by atoms with Crippen LogP contribution in [0.5, 0.6) is 0 Å². The van der Waals surface area contributed by atoms with E-state index < -0.39 is 0 Å². The van der Waals surface area contributed by atoms with Crippen molar-refractivity contribution in [2.45, 2.75) is 6.10 Å². The molecule has 2 saturated heterocycles. The number of halogens is 1. The second-order valence-electron chi connectivity index (χ2n) is 6.78. The van der Waals surface area contributed by atoms with Gasteiger partial charge in [-0.3, -0.25) is 14.7 Å². The van der Waals surface area contributed by atoms with Crippen LogP contribution in [-0.2, 0) is 14.3 Å². The number of hydrogen-bond donors (Lipinski definition) is 0. The van der Waals surface area contributed by atoms with E-state index >= 15 is 0 Å². The van der Waals surface area contributed by atoms with Crippen LogP contribution in [0.25, 0.3) is 0 Å². The van der Waals surface area contributed by atoms with Gasteiger partial charge in [0.1, 0.15) is 12.7 Å². The monoisotopic (exact) mass is 457 g/mol. The molecule has 0 aromatic heterocycles. The van der Waals surface area contributed by atoms with E-state index in [1.54, 1.807) is 16.0 Å². The Morgan fingerprint density at radius 2 is 1.72 bits per heavy atom. The van der Waals surface area contributed by atoms with Crippen LogP contribution < -0.4 is 9.80 Å². The normalized spacial score (nSPS) is 19.8. The number of cyclic esters (lactones) is 1. The Morgan fingerprint density at radius 3 is 2.41 bits per heavy atom. The van der Waals surface area contributed by atoms with Crippen LogP contribution in [0.3, 0.4) is 0 Å². The first-order valence-corrected chi connectivity index (χ1v) is 10.1. The van der Waals surface area contributed by atoms with Gasteiger partial charge in [-0.2, -0.15) is 0 Å². The third-order valence-corrected chi connectivity index (χ3v) is 5.28. The van der Waals surface area contributed by atoms with Crippen LogP contribution in [0.1, 0.15) is 5.56 Å². The Kier molecular flexibility index (Phi) is 5.92. The summed E-state index contributed by atoms with van der Waals surface area (Å²) in [5, 5.41) is 0. The SMILES string of the molecule is O=C1COCCN1c1ccc(N2C[C@H](CN=Cc3ccc(Br)cc3)OC2=O)cc1. The number of nitrogens with zero attached hydrogens (tertiary/aromatic N) is 3. The zero-order valence-electron chi connectivity index (χ0n) is 15.7. The zero-order valence-corrected chi connectivity index (χ0v) is 17.2. The van der Waals surface area contributed by atoms with E-state index in [1.807, 2.05) is 48.5 Å². The Balaban J connectivity index is 1.36. The number of hydrogen-bond acceptors (Lipinski definition) is 5. The summed E-state index contributed by atoms with van der Waals surface area (Å²) >= 11 is 3.40. The van der Waals surface area contributed by atoms with E-state index in [4.69, 9.17) is 9.47 Å². The van der Waals surface area contributed by atoms with E-state index in [0.717, 1.165) is 21.4 Å². The van der Waals surface area contributed by atoms with Gasteiger partial charge in [0.25, 0.3) is 5.91 Å². The Morgan fingerprint density at radius 1 is 1.03 bits per heavy atom. The molecule has 0 bridgehead atoms. The van der Waals surface area contributed by atoms with Crippen LogP contribution >= 0.6 is 15.9 Å². The molecule has 0 radical (unpaired) electrons. The zero-order chi connectivity index (χ0) is 20.2. The molecule has 0 unspecified atom stereocenters. The van der Waals surface area contributed by atoms with Crippen molar-refractivity contribution in [2.75, 3.05) is 42.6 Å². The maximum absolute atomic E-state index is 12.3. The lowest BCUT2D eigenvalue weighted by Gasteiger charge is -2.27. The molecule has 2 heterocycles. The van der Waals surface area contributed by atoms with Crippen molar-refractivity contribution in [3.05, 3.63) is 58.6 Å². The smallest absolute Gasteiger partial charge is 0.414 e. The topological polar surface area (TPSA) is 71.4 Å². The number of amides is 2. The van der Waals surface area contributed by atoms with Crippen LogP contribution in [-0.4, -0.2) is 57.2 Å². The number of carbonyl (C=O) groups excluding carboxylic acids is 2. The van der Waals surface area contributed by atoms with Crippen molar-refractivity contribution in [1.29, 1.82) is 0 Å². The van der Waals surface area contributed by atoms with Gasteiger partial charge in [0.05, 0.1) is 19.7 Å². The highest BCUT2D eigenvalue weighted by Crippen LogP contribution is 2.25. The lowest BCUT2D eigenvalue weighted by atomic mass is 10.2. The van der Waals surface area contributed by atoms with Gasteiger partial charge in [-0.25, -0.2) is 4.79 Å². The summed E-state index contributed by atoms with van der Waals surface area (Å²) in [6.07, 6.45) is 1.09. The predicted octanol–water partition coefficient (Wildman–Crippen LogP) is 3.26. The highest BCUT2D eigenvalue weighted by molar-refractivity contribution is 9.10. The molecule has 0 spiro atoms. The fraction of sp³-hybridized carbons (Fsp3) is 0.286. The fourth-order valence-corrected chi connectivity index (χ4v) is 3.52. The van der Waals surface area contributed by atoms with E-state index in [-0.39, 0.29) is 24.7 Å². The second kappa shape index (κ2) is 8.75. The van der Waals surface area contributed by atoms with Crippen LogP contribution in [0, 0.1) is 0 Å². The number of rotatable bonds is 5. The highest BCUT2D eigenvalue weighted by atomic mass is 79.9. The van der Waals surface area contributed by atoms with Gasteiger partial charge in [-0.15, -0.1) is 0 Å². The van der Waals surface area contributed by atoms with Gasteiger partial charge in [0, 0.05) is 28.6 Å². The van der Waals surface area contributed by atoms with Gasteiger partial charge in [-0.1, -0.05) is 28.1 Å². The first-order valence-electron chi connectivity index (χ1n) is 9.32. The predicted molar refractivity (Wildman–Crippen MR) is 114 cm³/mol. The average molecular weight is 458 g/mol. The molecule has 2 fully saturated rings. The molecule has 2 amide bonds. The van der Waals surface area contributed by atoms with Crippen LogP contribution in [0.2, 0.25) is 0 Å². The maximum atomic E-state index is 12.3.